The number of nitriles is 1. The molecule has 0 radical (unpaired) electrons. The van der Waals surface area contributed by atoms with E-state index in [1.807, 2.05) is 0 Å². The van der Waals surface area contributed by atoms with Gasteiger partial charge in [-0.3, -0.25) is 10.1 Å². The van der Waals surface area contributed by atoms with Gasteiger partial charge in [0.2, 0.25) is 5.82 Å². The van der Waals surface area contributed by atoms with Gasteiger partial charge in [-0.2, -0.15) is 9.65 Å². The van der Waals surface area contributed by atoms with Crippen LogP contribution in [0.1, 0.15) is 5.56 Å². The Morgan fingerprint density at radius 1 is 1.62 bits per heavy atom. The maximum Gasteiger partial charge on any atom is 0.306 e. The number of nitro benzene ring substituents is 1. The van der Waals surface area contributed by atoms with E-state index in [2.05, 4.69) is 15.9 Å². The molecule has 0 spiro atoms. The molecule has 0 unspecified atom stereocenters. The molecule has 0 aliphatic heterocycles. The molecular formula is C7H2BrFN2O2. The molecule has 0 aliphatic carbocycles. The molecule has 0 saturated heterocycles. The monoisotopic (exact) mass is 244 g/mol. The number of halogens is 2. The Hall–Kier alpha value is -1.48. The van der Waals surface area contributed by atoms with Crippen molar-refractivity contribution in [3.63, 3.8) is 0 Å². The predicted molar refractivity (Wildman–Crippen MR) is 45.5 cm³/mol. The van der Waals surface area contributed by atoms with Crippen molar-refractivity contribution in [3.8, 4) is 6.07 Å². The zero-order chi connectivity index (χ0) is 10.0. The van der Waals surface area contributed by atoms with E-state index in [1.165, 1.54) is 0 Å². The third kappa shape index (κ3) is 1.81. The Kier molecular flexibility index (Phi) is 2.58. The Balaban J connectivity index is 3.41. The van der Waals surface area contributed by atoms with Crippen molar-refractivity contribution in [1.82, 2.24) is 0 Å². The minimum absolute atomic E-state index is 0.0353. The Morgan fingerprint density at radius 2 is 2.23 bits per heavy atom. The van der Waals surface area contributed by atoms with E-state index in [1.54, 1.807) is 6.07 Å². The number of nitro groups is 1. The van der Waals surface area contributed by atoms with E-state index >= 15 is 0 Å². The quantitative estimate of drug-likeness (QED) is 0.563. The third-order valence-electron chi connectivity index (χ3n) is 1.35. The molecule has 1 aromatic carbocycles. The van der Waals surface area contributed by atoms with Crippen molar-refractivity contribution >= 4 is 21.6 Å². The van der Waals surface area contributed by atoms with Gasteiger partial charge in [-0.15, -0.1) is 0 Å². The summed E-state index contributed by atoms with van der Waals surface area (Å²) in [6, 6.07) is 3.49. The average Bonchev–Trinajstić information content (AvgIpc) is 2.03. The van der Waals surface area contributed by atoms with Crippen LogP contribution in [0.5, 0.6) is 0 Å². The zero-order valence-corrected chi connectivity index (χ0v) is 7.71. The minimum atomic E-state index is -0.962. The first kappa shape index (κ1) is 9.61. The van der Waals surface area contributed by atoms with Gasteiger partial charge in [0.15, 0.2) is 0 Å². The molecule has 0 amide bonds. The van der Waals surface area contributed by atoms with Gasteiger partial charge in [0.1, 0.15) is 6.07 Å². The molecule has 0 atom stereocenters. The van der Waals surface area contributed by atoms with Gasteiger partial charge in [-0.05, 0) is 22.0 Å². The SMILES string of the molecule is N#Cc1cc([N+](=O)[O-])c(F)cc1Br. The molecule has 0 aromatic heterocycles. The summed E-state index contributed by atoms with van der Waals surface area (Å²) in [6.07, 6.45) is 0. The van der Waals surface area contributed by atoms with Crippen LogP contribution < -0.4 is 0 Å². The van der Waals surface area contributed by atoms with Crippen LogP contribution in [0.25, 0.3) is 0 Å². The average molecular weight is 245 g/mol. The van der Waals surface area contributed by atoms with E-state index in [-0.39, 0.29) is 10.0 Å². The lowest BCUT2D eigenvalue weighted by molar-refractivity contribution is -0.387. The number of benzene rings is 1. The molecule has 1 aromatic rings. The van der Waals surface area contributed by atoms with Crippen LogP contribution in [0, 0.1) is 27.3 Å². The van der Waals surface area contributed by atoms with Crippen LogP contribution in [-0.2, 0) is 0 Å². The molecule has 0 heterocycles. The predicted octanol–water partition coefficient (Wildman–Crippen LogP) is 2.37. The molecule has 6 heteroatoms. The van der Waals surface area contributed by atoms with E-state index < -0.39 is 16.4 Å². The standard InChI is InChI=1S/C7H2BrFN2O2/c8-5-2-6(9)7(11(12)13)1-4(5)3-10/h1-2H. The van der Waals surface area contributed by atoms with Gasteiger partial charge in [0.05, 0.1) is 10.5 Å². The number of hydrogen-bond acceptors (Lipinski definition) is 3. The van der Waals surface area contributed by atoms with Crippen molar-refractivity contribution in [2.24, 2.45) is 0 Å². The van der Waals surface area contributed by atoms with E-state index in [0.717, 1.165) is 12.1 Å². The van der Waals surface area contributed by atoms with Crippen molar-refractivity contribution < 1.29 is 9.31 Å². The van der Waals surface area contributed by atoms with Gasteiger partial charge in [0, 0.05) is 10.5 Å². The molecule has 1 rings (SSSR count). The first-order chi connectivity index (χ1) is 6.06. The van der Waals surface area contributed by atoms with Gasteiger partial charge in [-0.1, -0.05) is 0 Å². The van der Waals surface area contributed by atoms with Crippen LogP contribution in [0.2, 0.25) is 0 Å². The second-order valence-corrected chi connectivity index (χ2v) is 3.01. The third-order valence-corrected chi connectivity index (χ3v) is 2.01. The fourth-order valence-corrected chi connectivity index (χ4v) is 1.17. The Labute approximate surface area is 80.9 Å². The van der Waals surface area contributed by atoms with E-state index in [4.69, 9.17) is 5.26 Å². The minimum Gasteiger partial charge on any atom is -0.258 e. The lowest BCUT2D eigenvalue weighted by Crippen LogP contribution is -1.93. The zero-order valence-electron chi connectivity index (χ0n) is 6.12. The van der Waals surface area contributed by atoms with Gasteiger partial charge >= 0.3 is 5.69 Å². The summed E-state index contributed by atoms with van der Waals surface area (Å²) in [7, 11) is 0. The van der Waals surface area contributed by atoms with E-state index in [0.29, 0.717) is 0 Å². The van der Waals surface area contributed by atoms with Crippen molar-refractivity contribution in [2.75, 3.05) is 0 Å². The van der Waals surface area contributed by atoms with Gasteiger partial charge in [-0.25, -0.2) is 0 Å². The van der Waals surface area contributed by atoms with Crippen LogP contribution in [0.4, 0.5) is 10.1 Å². The largest absolute Gasteiger partial charge is 0.306 e. The van der Waals surface area contributed by atoms with Crippen LogP contribution in [0.15, 0.2) is 16.6 Å². The smallest absolute Gasteiger partial charge is 0.258 e. The Bertz CT molecular complexity index is 414. The van der Waals surface area contributed by atoms with Crippen molar-refractivity contribution in [2.45, 2.75) is 0 Å². The van der Waals surface area contributed by atoms with Crippen LogP contribution in [0.3, 0.4) is 0 Å². The molecule has 13 heavy (non-hydrogen) atoms. The van der Waals surface area contributed by atoms with Crippen molar-refractivity contribution in [3.05, 3.63) is 38.1 Å². The maximum absolute atomic E-state index is 12.8. The fraction of sp³-hybridized carbons (Fsp3) is 0. The van der Waals surface area contributed by atoms with Crippen molar-refractivity contribution in [1.29, 1.82) is 5.26 Å². The lowest BCUT2D eigenvalue weighted by atomic mass is 10.2. The number of rotatable bonds is 1. The second kappa shape index (κ2) is 3.49. The molecule has 0 fully saturated rings. The summed E-state index contributed by atoms with van der Waals surface area (Å²) < 4.78 is 13.0. The highest BCUT2D eigenvalue weighted by Crippen LogP contribution is 2.25. The first-order valence-electron chi connectivity index (χ1n) is 3.10. The number of nitrogens with zero attached hydrogens (tertiary/aromatic N) is 2. The fourth-order valence-electron chi connectivity index (χ4n) is 0.763. The van der Waals surface area contributed by atoms with E-state index in [9.17, 15) is 14.5 Å². The van der Waals surface area contributed by atoms with Gasteiger partial charge in [0.25, 0.3) is 0 Å². The Morgan fingerprint density at radius 3 is 2.69 bits per heavy atom. The summed E-state index contributed by atoms with van der Waals surface area (Å²) in [5.41, 5.74) is -0.659. The number of hydrogen-bond donors (Lipinski definition) is 0. The molecule has 0 saturated carbocycles. The lowest BCUT2D eigenvalue weighted by Gasteiger charge is -1.96. The van der Waals surface area contributed by atoms with Crippen LogP contribution in [-0.4, -0.2) is 4.92 Å². The summed E-state index contributed by atoms with van der Waals surface area (Å²) in [5.74, 6) is -0.962. The highest BCUT2D eigenvalue weighted by atomic mass is 79.9. The topological polar surface area (TPSA) is 66.9 Å². The molecule has 4 nitrogen and oxygen atoms in total. The molecule has 66 valence electrons. The molecule has 0 aliphatic rings. The summed E-state index contributed by atoms with van der Waals surface area (Å²) >= 11 is 2.91. The molecule has 0 bridgehead atoms. The normalized spacial score (nSPS) is 9.31. The first-order valence-corrected chi connectivity index (χ1v) is 3.89. The second-order valence-electron chi connectivity index (χ2n) is 2.15. The highest BCUT2D eigenvalue weighted by Gasteiger charge is 2.16. The highest BCUT2D eigenvalue weighted by molar-refractivity contribution is 9.10. The summed E-state index contributed by atoms with van der Waals surface area (Å²) in [6.45, 7) is 0. The van der Waals surface area contributed by atoms with Crippen LogP contribution >= 0.6 is 15.9 Å². The molecule has 0 N–H and O–H groups in total. The summed E-state index contributed by atoms with van der Waals surface area (Å²) in [4.78, 5) is 9.37. The molecular weight excluding hydrogens is 243 g/mol. The van der Waals surface area contributed by atoms with Gasteiger partial charge < -0.3 is 0 Å². The summed E-state index contributed by atoms with van der Waals surface area (Å²) in [5, 5.41) is 18.7. The maximum atomic E-state index is 12.8.